The number of aryl methyl sites for hydroxylation is 1. The molecule has 0 bridgehead atoms. The second-order valence-electron chi connectivity index (χ2n) is 3.52. The van der Waals surface area contributed by atoms with E-state index >= 15 is 0 Å². The number of halogens is 2. The van der Waals surface area contributed by atoms with Crippen molar-refractivity contribution in [2.45, 2.75) is 6.92 Å². The van der Waals surface area contributed by atoms with Crippen LogP contribution in [0.4, 0.5) is 10.1 Å². The van der Waals surface area contributed by atoms with Crippen molar-refractivity contribution in [1.29, 1.82) is 0 Å². The minimum absolute atomic E-state index is 0.136. The molecule has 0 fully saturated rings. The molecule has 0 unspecified atom stereocenters. The molecule has 2 aromatic rings. The number of benzene rings is 1. The van der Waals surface area contributed by atoms with E-state index in [0.717, 1.165) is 0 Å². The number of furan rings is 1. The Bertz CT molecular complexity index is 565. The van der Waals surface area contributed by atoms with E-state index in [2.05, 4.69) is 21.2 Å². The van der Waals surface area contributed by atoms with Crippen LogP contribution >= 0.6 is 15.9 Å². The summed E-state index contributed by atoms with van der Waals surface area (Å²) >= 11 is 3.14. The molecule has 1 aromatic heterocycles. The number of hydrogen-bond donors (Lipinski definition) is 1. The van der Waals surface area contributed by atoms with Crippen LogP contribution in [0.15, 0.2) is 39.4 Å². The smallest absolute Gasteiger partial charge is 0.259 e. The van der Waals surface area contributed by atoms with Crippen LogP contribution in [0.25, 0.3) is 0 Å². The van der Waals surface area contributed by atoms with Crippen LogP contribution in [-0.2, 0) is 0 Å². The first-order chi connectivity index (χ1) is 8.06. The van der Waals surface area contributed by atoms with Crippen molar-refractivity contribution in [2.75, 3.05) is 5.32 Å². The first-order valence-electron chi connectivity index (χ1n) is 4.88. The summed E-state index contributed by atoms with van der Waals surface area (Å²) in [6, 6.07) is 6.02. The highest BCUT2D eigenvalue weighted by molar-refractivity contribution is 9.10. The third-order valence-corrected chi connectivity index (χ3v) is 2.67. The number of rotatable bonds is 2. The number of hydrogen-bond acceptors (Lipinski definition) is 2. The van der Waals surface area contributed by atoms with Gasteiger partial charge in [0.05, 0.1) is 11.3 Å². The summed E-state index contributed by atoms with van der Waals surface area (Å²) in [5.41, 5.74) is 0.502. The summed E-state index contributed by atoms with van der Waals surface area (Å²) in [5.74, 6) is -0.262. The number of amides is 1. The van der Waals surface area contributed by atoms with Crippen LogP contribution in [0.5, 0.6) is 0 Å². The molecule has 0 spiro atoms. The summed E-state index contributed by atoms with van der Waals surface area (Å²) in [6.45, 7) is 1.73. The van der Waals surface area contributed by atoms with Gasteiger partial charge in [-0.25, -0.2) is 4.39 Å². The van der Waals surface area contributed by atoms with Crippen LogP contribution in [0.1, 0.15) is 16.1 Å². The van der Waals surface area contributed by atoms with Crippen molar-refractivity contribution in [2.24, 2.45) is 0 Å². The van der Waals surface area contributed by atoms with Gasteiger partial charge in [-0.1, -0.05) is 15.9 Å². The fourth-order valence-corrected chi connectivity index (χ4v) is 1.68. The van der Waals surface area contributed by atoms with Gasteiger partial charge < -0.3 is 9.73 Å². The minimum Gasteiger partial charge on any atom is -0.469 e. The maximum Gasteiger partial charge on any atom is 0.259 e. The second kappa shape index (κ2) is 4.71. The fourth-order valence-electron chi connectivity index (χ4n) is 1.35. The Labute approximate surface area is 106 Å². The quantitative estimate of drug-likeness (QED) is 0.917. The monoisotopic (exact) mass is 297 g/mol. The highest BCUT2D eigenvalue weighted by Crippen LogP contribution is 2.20. The summed E-state index contributed by atoms with van der Waals surface area (Å²) in [6.07, 6.45) is 1.33. The Kier molecular flexibility index (Phi) is 3.28. The Hall–Kier alpha value is -1.62. The molecule has 0 aliphatic rings. The summed E-state index contributed by atoms with van der Waals surface area (Å²) in [7, 11) is 0. The number of carbonyl (C=O) groups is 1. The highest BCUT2D eigenvalue weighted by atomic mass is 79.9. The SMILES string of the molecule is Cc1cc(C(=O)Nc2ccc(Br)cc2F)co1. The molecule has 0 atom stereocenters. The lowest BCUT2D eigenvalue weighted by Gasteiger charge is -2.04. The second-order valence-corrected chi connectivity index (χ2v) is 4.44. The van der Waals surface area contributed by atoms with Gasteiger partial charge in [0.25, 0.3) is 5.91 Å². The molecule has 0 saturated carbocycles. The first-order valence-corrected chi connectivity index (χ1v) is 5.67. The molecule has 0 radical (unpaired) electrons. The molecule has 1 heterocycles. The van der Waals surface area contributed by atoms with Crippen molar-refractivity contribution in [3.8, 4) is 0 Å². The molecular weight excluding hydrogens is 289 g/mol. The van der Waals surface area contributed by atoms with Gasteiger partial charge >= 0.3 is 0 Å². The predicted molar refractivity (Wildman–Crippen MR) is 65.5 cm³/mol. The van der Waals surface area contributed by atoms with Gasteiger partial charge in [0.1, 0.15) is 17.8 Å². The predicted octanol–water partition coefficient (Wildman–Crippen LogP) is 3.74. The Balaban J connectivity index is 2.18. The Morgan fingerprint density at radius 1 is 1.41 bits per heavy atom. The number of carbonyl (C=O) groups excluding carboxylic acids is 1. The zero-order chi connectivity index (χ0) is 12.4. The van der Waals surface area contributed by atoms with E-state index in [-0.39, 0.29) is 5.69 Å². The van der Waals surface area contributed by atoms with Crippen LogP contribution in [0, 0.1) is 12.7 Å². The molecule has 1 amide bonds. The number of anilines is 1. The molecule has 3 nitrogen and oxygen atoms in total. The average Bonchev–Trinajstić information content (AvgIpc) is 2.69. The van der Waals surface area contributed by atoms with Crippen LogP contribution in [0.2, 0.25) is 0 Å². The van der Waals surface area contributed by atoms with Crippen molar-refractivity contribution < 1.29 is 13.6 Å². The zero-order valence-electron chi connectivity index (χ0n) is 8.96. The van der Waals surface area contributed by atoms with Gasteiger partial charge in [0, 0.05) is 4.47 Å². The first kappa shape index (κ1) is 11.9. The van der Waals surface area contributed by atoms with Crippen molar-refractivity contribution >= 4 is 27.5 Å². The molecule has 0 saturated heterocycles. The minimum atomic E-state index is -0.493. The highest BCUT2D eigenvalue weighted by Gasteiger charge is 2.11. The van der Waals surface area contributed by atoms with Gasteiger partial charge in [-0.3, -0.25) is 4.79 Å². The Morgan fingerprint density at radius 2 is 2.18 bits per heavy atom. The summed E-state index contributed by atoms with van der Waals surface area (Å²) in [5, 5.41) is 2.47. The zero-order valence-corrected chi connectivity index (χ0v) is 10.5. The molecule has 0 aliphatic heterocycles. The summed E-state index contributed by atoms with van der Waals surface area (Å²) < 4.78 is 19.1. The van der Waals surface area contributed by atoms with Gasteiger partial charge in [0.2, 0.25) is 0 Å². The maximum absolute atomic E-state index is 13.5. The van der Waals surface area contributed by atoms with Crippen LogP contribution in [-0.4, -0.2) is 5.91 Å². The molecule has 0 aliphatic carbocycles. The van der Waals surface area contributed by atoms with Crippen molar-refractivity contribution in [1.82, 2.24) is 0 Å². The standard InChI is InChI=1S/C12H9BrFNO2/c1-7-4-8(6-17-7)12(16)15-11-3-2-9(13)5-10(11)14/h2-6H,1H3,(H,15,16). The van der Waals surface area contributed by atoms with Gasteiger partial charge in [-0.2, -0.15) is 0 Å². The van der Waals surface area contributed by atoms with E-state index in [1.165, 1.54) is 18.4 Å². The van der Waals surface area contributed by atoms with E-state index in [1.54, 1.807) is 19.1 Å². The molecule has 88 valence electrons. The Morgan fingerprint density at radius 3 is 2.76 bits per heavy atom. The van der Waals surface area contributed by atoms with E-state index in [9.17, 15) is 9.18 Å². The molecule has 2 rings (SSSR count). The fraction of sp³-hybridized carbons (Fsp3) is 0.0833. The van der Waals surface area contributed by atoms with Crippen molar-refractivity contribution in [3.05, 3.63) is 52.1 Å². The van der Waals surface area contributed by atoms with Gasteiger partial charge in [-0.05, 0) is 31.2 Å². The number of nitrogens with one attached hydrogen (secondary N) is 1. The van der Waals surface area contributed by atoms with E-state index in [4.69, 9.17) is 4.42 Å². The lowest BCUT2D eigenvalue weighted by Crippen LogP contribution is -2.12. The maximum atomic E-state index is 13.5. The van der Waals surface area contributed by atoms with E-state index in [0.29, 0.717) is 15.8 Å². The van der Waals surface area contributed by atoms with E-state index < -0.39 is 11.7 Å². The van der Waals surface area contributed by atoms with Crippen molar-refractivity contribution in [3.63, 3.8) is 0 Å². The molecule has 5 heteroatoms. The van der Waals surface area contributed by atoms with E-state index in [1.807, 2.05) is 0 Å². The van der Waals surface area contributed by atoms with Crippen LogP contribution in [0.3, 0.4) is 0 Å². The lowest BCUT2D eigenvalue weighted by atomic mass is 10.2. The molecule has 17 heavy (non-hydrogen) atoms. The molecule has 1 N–H and O–H groups in total. The van der Waals surface area contributed by atoms with Gasteiger partial charge in [0.15, 0.2) is 0 Å². The molecular formula is C12H9BrFNO2. The third kappa shape index (κ3) is 2.74. The topological polar surface area (TPSA) is 42.2 Å². The lowest BCUT2D eigenvalue weighted by molar-refractivity contribution is 0.102. The average molecular weight is 298 g/mol. The molecule has 1 aromatic carbocycles. The van der Waals surface area contributed by atoms with Gasteiger partial charge in [-0.15, -0.1) is 0 Å². The van der Waals surface area contributed by atoms with Crippen LogP contribution < -0.4 is 5.32 Å². The third-order valence-electron chi connectivity index (χ3n) is 2.17. The largest absolute Gasteiger partial charge is 0.469 e. The normalized spacial score (nSPS) is 10.3. The summed E-state index contributed by atoms with van der Waals surface area (Å²) in [4.78, 5) is 11.7.